The van der Waals surface area contributed by atoms with Crippen molar-refractivity contribution < 1.29 is 8.39 Å². The van der Waals surface area contributed by atoms with E-state index in [9.17, 15) is 4.21 Å². The Kier molecular flexibility index (Phi) is 3.64. The van der Waals surface area contributed by atoms with E-state index < -0.39 is 11.1 Å². The summed E-state index contributed by atoms with van der Waals surface area (Å²) in [6, 6.07) is 0. The van der Waals surface area contributed by atoms with E-state index in [1.165, 1.54) is 6.92 Å². The van der Waals surface area contributed by atoms with Gasteiger partial charge in [0.25, 0.3) is 0 Å². The van der Waals surface area contributed by atoms with E-state index in [0.29, 0.717) is 6.61 Å². The first-order valence-electron chi connectivity index (χ1n) is 2.28. The molecule has 1 unspecified atom stereocenters. The van der Waals surface area contributed by atoms with Crippen LogP contribution >= 0.6 is 0 Å². The Bertz CT molecular complexity index is 113. The van der Waals surface area contributed by atoms with Crippen molar-refractivity contribution in [1.29, 1.82) is 5.41 Å². The fraction of sp³-hybridized carbons (Fsp3) is 0.750. The zero-order chi connectivity index (χ0) is 6.57. The van der Waals surface area contributed by atoms with E-state index in [4.69, 9.17) is 5.41 Å². The van der Waals surface area contributed by atoms with Gasteiger partial charge in [-0.3, -0.25) is 9.59 Å². The van der Waals surface area contributed by atoms with Crippen LogP contribution in [0, 0.1) is 5.41 Å². The van der Waals surface area contributed by atoms with E-state index in [1.54, 1.807) is 6.92 Å². The van der Waals surface area contributed by atoms with E-state index in [2.05, 4.69) is 4.18 Å². The van der Waals surface area contributed by atoms with Gasteiger partial charge in [0.05, 0.1) is 6.61 Å². The Hall–Kier alpha value is -0.220. The molecule has 1 atom stereocenters. The Morgan fingerprint density at radius 1 is 1.88 bits per heavy atom. The Morgan fingerprint density at radius 3 is 2.50 bits per heavy atom. The van der Waals surface area contributed by atoms with Crippen LogP contribution in [0.25, 0.3) is 0 Å². The summed E-state index contributed by atoms with van der Waals surface area (Å²) in [7, 11) is 0. The first-order chi connectivity index (χ1) is 3.68. The second kappa shape index (κ2) is 3.74. The van der Waals surface area contributed by atoms with Gasteiger partial charge in [-0.15, -0.1) is 0 Å². The molecule has 0 bridgehead atoms. The molecule has 8 heavy (non-hydrogen) atoms. The van der Waals surface area contributed by atoms with Gasteiger partial charge in [0.15, 0.2) is 0 Å². The molecule has 0 aliphatic carbocycles. The summed E-state index contributed by atoms with van der Waals surface area (Å²) in [5, 5.41) is 6.84. The molecule has 4 heteroatoms. The number of nitrogens with one attached hydrogen (secondary N) is 1. The maximum Gasteiger partial charge on any atom is 0.202 e. The lowest BCUT2D eigenvalue weighted by Crippen LogP contribution is -2.04. The summed E-state index contributed by atoms with van der Waals surface area (Å²) in [6.07, 6.45) is 0. The molecule has 48 valence electrons. The highest BCUT2D eigenvalue weighted by Crippen LogP contribution is 1.85. The molecule has 0 aromatic heterocycles. The van der Waals surface area contributed by atoms with Crippen LogP contribution in [-0.4, -0.2) is 15.9 Å². The van der Waals surface area contributed by atoms with Crippen LogP contribution in [0.5, 0.6) is 0 Å². The third-order valence-electron chi connectivity index (χ3n) is 0.475. The predicted molar refractivity (Wildman–Crippen MR) is 33.2 cm³/mol. The van der Waals surface area contributed by atoms with Crippen molar-refractivity contribution in [3.8, 4) is 0 Å². The number of rotatable bonds is 2. The van der Waals surface area contributed by atoms with Crippen molar-refractivity contribution >= 4 is 16.1 Å². The van der Waals surface area contributed by atoms with Gasteiger partial charge in [-0.2, -0.15) is 0 Å². The quantitative estimate of drug-likeness (QED) is 0.447. The van der Waals surface area contributed by atoms with Gasteiger partial charge in [0.2, 0.25) is 11.1 Å². The molecule has 0 aliphatic heterocycles. The first-order valence-corrected chi connectivity index (χ1v) is 3.36. The van der Waals surface area contributed by atoms with Gasteiger partial charge in [-0.25, -0.2) is 4.21 Å². The minimum atomic E-state index is -1.49. The van der Waals surface area contributed by atoms with Crippen LogP contribution in [0.1, 0.15) is 13.8 Å². The number of hydrogen-bond acceptors (Lipinski definition) is 3. The van der Waals surface area contributed by atoms with Gasteiger partial charge in [-0.1, -0.05) is 0 Å². The van der Waals surface area contributed by atoms with E-state index in [1.807, 2.05) is 0 Å². The fourth-order valence-electron chi connectivity index (χ4n) is 0.195. The van der Waals surface area contributed by atoms with Gasteiger partial charge in [0, 0.05) is 0 Å². The molecule has 0 rings (SSSR count). The molecule has 3 nitrogen and oxygen atoms in total. The zero-order valence-electron chi connectivity index (χ0n) is 4.93. The summed E-state index contributed by atoms with van der Waals surface area (Å²) in [5.41, 5.74) is 0. The highest BCUT2D eigenvalue weighted by molar-refractivity contribution is 7.96. The lowest BCUT2D eigenvalue weighted by atomic mass is 10.9. The highest BCUT2D eigenvalue weighted by atomic mass is 32.2. The Morgan fingerprint density at radius 2 is 2.38 bits per heavy atom. The molecule has 0 amide bonds. The predicted octanol–water partition coefficient (Wildman–Crippen LogP) is 0.684. The van der Waals surface area contributed by atoms with E-state index >= 15 is 0 Å². The molecule has 0 saturated heterocycles. The average molecular weight is 135 g/mol. The van der Waals surface area contributed by atoms with E-state index in [-0.39, 0.29) is 5.04 Å². The third kappa shape index (κ3) is 2.87. The topological polar surface area (TPSA) is 50.2 Å². The maximum absolute atomic E-state index is 10.4. The summed E-state index contributed by atoms with van der Waals surface area (Å²) >= 11 is -1.49. The van der Waals surface area contributed by atoms with Crippen LogP contribution in [0.3, 0.4) is 0 Å². The maximum atomic E-state index is 10.4. The minimum absolute atomic E-state index is 0.0619. The molecule has 0 aromatic rings. The lowest BCUT2D eigenvalue weighted by molar-refractivity contribution is 0.378. The van der Waals surface area contributed by atoms with Crippen molar-refractivity contribution in [3.05, 3.63) is 0 Å². The van der Waals surface area contributed by atoms with Crippen molar-refractivity contribution in [2.45, 2.75) is 13.8 Å². The summed E-state index contributed by atoms with van der Waals surface area (Å²) in [6.45, 7) is 3.58. The zero-order valence-corrected chi connectivity index (χ0v) is 5.75. The average Bonchev–Trinajstić information content (AvgIpc) is 1.67. The third-order valence-corrected chi connectivity index (χ3v) is 1.42. The van der Waals surface area contributed by atoms with Gasteiger partial charge in [0.1, 0.15) is 5.04 Å². The summed E-state index contributed by atoms with van der Waals surface area (Å²) in [4.78, 5) is 0. The van der Waals surface area contributed by atoms with Crippen molar-refractivity contribution in [3.63, 3.8) is 0 Å². The van der Waals surface area contributed by atoms with Crippen molar-refractivity contribution in [1.82, 2.24) is 0 Å². The van der Waals surface area contributed by atoms with Crippen LogP contribution in [-0.2, 0) is 15.3 Å². The Labute approximate surface area is 51.2 Å². The second-order valence-electron chi connectivity index (χ2n) is 1.20. The summed E-state index contributed by atoms with van der Waals surface area (Å²) < 4.78 is 15.0. The lowest BCUT2D eigenvalue weighted by Gasteiger charge is -1.93. The standard InChI is InChI=1S/C4H9NO2S/c1-3-7-8(6)4(2)5/h5H,3H2,1-2H3. The number of hydrogen-bond donors (Lipinski definition) is 1. The van der Waals surface area contributed by atoms with Crippen molar-refractivity contribution in [2.75, 3.05) is 6.61 Å². The van der Waals surface area contributed by atoms with Gasteiger partial charge < -0.3 is 0 Å². The highest BCUT2D eigenvalue weighted by Gasteiger charge is 1.97. The monoisotopic (exact) mass is 135 g/mol. The van der Waals surface area contributed by atoms with Crippen LogP contribution in [0.4, 0.5) is 0 Å². The van der Waals surface area contributed by atoms with Crippen molar-refractivity contribution in [2.24, 2.45) is 0 Å². The smallest absolute Gasteiger partial charge is 0.202 e. The molecule has 0 spiro atoms. The fourth-order valence-corrected chi connectivity index (χ4v) is 0.586. The molecule has 0 radical (unpaired) electrons. The molecule has 0 heterocycles. The normalized spacial score (nSPS) is 13.2. The van der Waals surface area contributed by atoms with Gasteiger partial charge >= 0.3 is 0 Å². The minimum Gasteiger partial charge on any atom is -0.294 e. The largest absolute Gasteiger partial charge is 0.294 e. The molecule has 0 saturated carbocycles. The Balaban J connectivity index is 3.49. The molecule has 1 N–H and O–H groups in total. The summed E-state index contributed by atoms with van der Waals surface area (Å²) in [5.74, 6) is 0. The van der Waals surface area contributed by atoms with Crippen LogP contribution in [0.15, 0.2) is 0 Å². The van der Waals surface area contributed by atoms with Crippen LogP contribution in [0.2, 0.25) is 0 Å². The SMILES string of the molecule is CCOS(=O)C(C)=N. The molecular weight excluding hydrogens is 126 g/mol. The van der Waals surface area contributed by atoms with Crippen LogP contribution < -0.4 is 0 Å². The molecule has 0 aliphatic rings. The molecule has 0 aromatic carbocycles. The molecule has 0 fully saturated rings. The van der Waals surface area contributed by atoms with E-state index in [0.717, 1.165) is 0 Å². The van der Waals surface area contributed by atoms with Gasteiger partial charge in [-0.05, 0) is 13.8 Å². The first kappa shape index (κ1) is 7.78. The second-order valence-corrected chi connectivity index (χ2v) is 2.51. The molecular formula is C4H9NO2S.